The zero-order valence-electron chi connectivity index (χ0n) is 13.2. The van der Waals surface area contributed by atoms with E-state index < -0.39 is 16.6 Å². The number of benzene rings is 1. The molecule has 0 unspecified atom stereocenters. The average molecular weight is 306 g/mol. The lowest BCUT2D eigenvalue weighted by atomic mass is 10.1. The predicted octanol–water partition coefficient (Wildman–Crippen LogP) is 4.32. The number of nitrogens with zero attached hydrogens (tertiary/aromatic N) is 1. The van der Waals surface area contributed by atoms with Gasteiger partial charge in [-0.05, 0) is 55.5 Å². The van der Waals surface area contributed by atoms with E-state index in [1.54, 1.807) is 0 Å². The van der Waals surface area contributed by atoms with Crippen molar-refractivity contribution in [2.75, 3.05) is 0 Å². The lowest BCUT2D eigenvalue weighted by Crippen LogP contribution is -2.31. The molecule has 0 fully saturated rings. The van der Waals surface area contributed by atoms with Gasteiger partial charge in [0.05, 0.1) is 5.56 Å². The Morgan fingerprint density at radius 3 is 2.25 bits per heavy atom. The molecule has 0 aliphatic rings. The molecular weight excluding hydrogens is 282 g/mol. The van der Waals surface area contributed by atoms with Crippen LogP contribution in [0.5, 0.6) is 0 Å². The monoisotopic (exact) mass is 305 g/mol. The van der Waals surface area contributed by atoms with Gasteiger partial charge in [0.25, 0.3) is 0 Å². The van der Waals surface area contributed by atoms with E-state index in [0.29, 0.717) is 5.56 Å². The van der Waals surface area contributed by atoms with Gasteiger partial charge in [0.2, 0.25) is 8.32 Å². The molecule has 2 rings (SSSR count). The molecule has 0 saturated carbocycles. The molecule has 0 amide bonds. The standard InChI is InChI=1S/C15H23NO2Si2/c1-19(2,3)16-10-9-12-11-13(7-8-14(12)16)15(17)18-20(4,5)6/h7-11H,1-6H3. The van der Waals surface area contributed by atoms with Crippen molar-refractivity contribution in [3.63, 3.8) is 0 Å². The van der Waals surface area contributed by atoms with Crippen LogP contribution in [0.1, 0.15) is 10.4 Å². The zero-order chi connectivity index (χ0) is 15.1. The molecule has 0 spiro atoms. The molecule has 2 aromatic rings. The molecule has 0 atom stereocenters. The predicted molar refractivity (Wildman–Crippen MR) is 89.4 cm³/mol. The number of hydrogen-bond donors (Lipinski definition) is 0. The summed E-state index contributed by atoms with van der Waals surface area (Å²) in [6, 6.07) is 7.93. The summed E-state index contributed by atoms with van der Waals surface area (Å²) in [5.41, 5.74) is 1.85. The van der Waals surface area contributed by atoms with E-state index >= 15 is 0 Å². The van der Waals surface area contributed by atoms with Crippen molar-refractivity contribution < 1.29 is 9.22 Å². The molecule has 1 heterocycles. The smallest absolute Gasteiger partial charge is 0.324 e. The first-order valence-electron chi connectivity index (χ1n) is 6.93. The Morgan fingerprint density at radius 1 is 1.05 bits per heavy atom. The molecule has 1 aromatic carbocycles. The summed E-state index contributed by atoms with van der Waals surface area (Å²) in [5, 5.41) is 1.11. The molecule has 3 nitrogen and oxygen atoms in total. The highest BCUT2D eigenvalue weighted by Crippen LogP contribution is 2.22. The second kappa shape index (κ2) is 4.89. The Balaban J connectivity index is 2.39. The third kappa shape index (κ3) is 3.21. The van der Waals surface area contributed by atoms with Crippen LogP contribution in [-0.2, 0) is 4.43 Å². The minimum absolute atomic E-state index is 0.202. The van der Waals surface area contributed by atoms with E-state index in [2.05, 4.69) is 36.1 Å². The van der Waals surface area contributed by atoms with Gasteiger partial charge in [-0.1, -0.05) is 19.6 Å². The van der Waals surface area contributed by atoms with Crippen LogP contribution in [0.15, 0.2) is 30.5 Å². The number of rotatable bonds is 3. The third-order valence-electron chi connectivity index (χ3n) is 3.05. The van der Waals surface area contributed by atoms with Gasteiger partial charge in [0.15, 0.2) is 8.24 Å². The van der Waals surface area contributed by atoms with Gasteiger partial charge >= 0.3 is 5.97 Å². The Bertz CT molecular complexity index is 648. The van der Waals surface area contributed by atoms with Gasteiger partial charge in [-0.3, -0.25) is 0 Å². The summed E-state index contributed by atoms with van der Waals surface area (Å²) in [5.74, 6) is -0.202. The van der Waals surface area contributed by atoms with Crippen molar-refractivity contribution in [2.24, 2.45) is 0 Å². The maximum Gasteiger partial charge on any atom is 0.324 e. The molecule has 0 N–H and O–H groups in total. The summed E-state index contributed by atoms with van der Waals surface area (Å²) in [4.78, 5) is 12.1. The van der Waals surface area contributed by atoms with Crippen LogP contribution in [0.25, 0.3) is 10.9 Å². The van der Waals surface area contributed by atoms with E-state index in [9.17, 15) is 4.79 Å². The van der Waals surface area contributed by atoms with Crippen LogP contribution >= 0.6 is 0 Å². The second-order valence-electron chi connectivity index (χ2n) is 7.13. The number of hydrogen-bond acceptors (Lipinski definition) is 2. The fourth-order valence-electron chi connectivity index (χ4n) is 2.19. The highest BCUT2D eigenvalue weighted by molar-refractivity contribution is 6.75. The fourth-order valence-corrected chi connectivity index (χ4v) is 4.31. The summed E-state index contributed by atoms with van der Waals surface area (Å²) < 4.78 is 7.91. The normalized spacial score (nSPS) is 12.7. The molecular formula is C15H23NO2Si2. The van der Waals surface area contributed by atoms with E-state index in [1.807, 2.05) is 37.8 Å². The average Bonchev–Trinajstić information content (AvgIpc) is 2.68. The summed E-state index contributed by atoms with van der Waals surface area (Å²) in [6.07, 6.45) is 2.13. The van der Waals surface area contributed by atoms with Gasteiger partial charge < -0.3 is 8.66 Å². The van der Waals surface area contributed by atoms with Gasteiger partial charge in [0.1, 0.15) is 0 Å². The van der Waals surface area contributed by atoms with E-state index in [0.717, 1.165) is 5.39 Å². The minimum Gasteiger partial charge on any atom is -0.516 e. The van der Waals surface area contributed by atoms with Crippen molar-refractivity contribution in [3.05, 3.63) is 36.0 Å². The van der Waals surface area contributed by atoms with Crippen molar-refractivity contribution in [3.8, 4) is 0 Å². The van der Waals surface area contributed by atoms with Crippen LogP contribution in [0, 0.1) is 0 Å². The number of fused-ring (bicyclic) bond motifs is 1. The molecule has 0 saturated heterocycles. The zero-order valence-corrected chi connectivity index (χ0v) is 15.2. The lowest BCUT2D eigenvalue weighted by molar-refractivity contribution is 0.0725. The first kappa shape index (κ1) is 15.1. The third-order valence-corrected chi connectivity index (χ3v) is 5.68. The van der Waals surface area contributed by atoms with E-state index in [1.165, 1.54) is 5.52 Å². The quantitative estimate of drug-likeness (QED) is 0.791. The fraction of sp³-hybridized carbons (Fsp3) is 0.400. The molecule has 0 aliphatic heterocycles. The van der Waals surface area contributed by atoms with Crippen molar-refractivity contribution in [1.82, 2.24) is 4.23 Å². The summed E-state index contributed by atoms with van der Waals surface area (Å²) in [6.45, 7) is 13.0. The number of carbonyl (C=O) groups excluding carboxylic acids is 1. The highest BCUT2D eigenvalue weighted by atomic mass is 28.4. The Morgan fingerprint density at radius 2 is 1.70 bits per heavy atom. The SMILES string of the molecule is C[Si](C)(C)OC(=O)c1ccc2c(ccn2[Si](C)(C)C)c1. The van der Waals surface area contributed by atoms with Gasteiger partial charge in [-0.25, -0.2) is 4.79 Å². The minimum atomic E-state index is -1.84. The largest absolute Gasteiger partial charge is 0.516 e. The van der Waals surface area contributed by atoms with Gasteiger partial charge in [0, 0.05) is 5.52 Å². The van der Waals surface area contributed by atoms with Crippen molar-refractivity contribution in [1.29, 1.82) is 0 Å². The summed E-state index contributed by atoms with van der Waals surface area (Å²) in [7, 11) is -3.26. The van der Waals surface area contributed by atoms with Crippen LogP contribution < -0.4 is 0 Å². The Hall–Kier alpha value is -1.34. The Kier molecular flexibility index (Phi) is 3.68. The molecule has 0 aliphatic carbocycles. The molecule has 108 valence electrons. The first-order valence-corrected chi connectivity index (χ1v) is 13.8. The molecule has 1 aromatic heterocycles. The first-order chi connectivity index (χ1) is 9.08. The van der Waals surface area contributed by atoms with Crippen LogP contribution in [0.3, 0.4) is 0 Å². The maximum absolute atomic E-state index is 12.1. The molecule has 20 heavy (non-hydrogen) atoms. The van der Waals surface area contributed by atoms with Crippen LogP contribution in [-0.4, -0.2) is 26.8 Å². The molecule has 0 bridgehead atoms. The Labute approximate surface area is 122 Å². The molecule has 0 radical (unpaired) electrons. The van der Waals surface area contributed by atoms with E-state index in [4.69, 9.17) is 4.43 Å². The van der Waals surface area contributed by atoms with Gasteiger partial charge in [-0.15, -0.1) is 0 Å². The maximum atomic E-state index is 12.1. The van der Waals surface area contributed by atoms with Crippen molar-refractivity contribution >= 4 is 33.4 Å². The van der Waals surface area contributed by atoms with Crippen molar-refractivity contribution in [2.45, 2.75) is 39.3 Å². The number of carbonyl (C=O) groups is 1. The van der Waals surface area contributed by atoms with Crippen LogP contribution in [0.2, 0.25) is 39.3 Å². The van der Waals surface area contributed by atoms with E-state index in [-0.39, 0.29) is 5.97 Å². The molecule has 5 heteroatoms. The number of aromatic nitrogens is 1. The lowest BCUT2D eigenvalue weighted by Gasteiger charge is -2.20. The summed E-state index contributed by atoms with van der Waals surface area (Å²) >= 11 is 0. The van der Waals surface area contributed by atoms with Crippen LogP contribution in [0.4, 0.5) is 0 Å². The highest BCUT2D eigenvalue weighted by Gasteiger charge is 2.22. The topological polar surface area (TPSA) is 31.2 Å². The second-order valence-corrected chi connectivity index (χ2v) is 16.4. The van der Waals surface area contributed by atoms with Gasteiger partial charge in [-0.2, -0.15) is 0 Å².